The Morgan fingerprint density at radius 3 is 1.57 bits per heavy atom. The maximum absolute atomic E-state index is 12.1. The van der Waals surface area contributed by atoms with Crippen molar-refractivity contribution < 1.29 is 14.0 Å². The summed E-state index contributed by atoms with van der Waals surface area (Å²) < 4.78 is 11.4. The Morgan fingerprint density at radius 2 is 1.30 bits per heavy atom. The molecule has 1 aromatic rings. The van der Waals surface area contributed by atoms with E-state index in [1.807, 2.05) is 12.1 Å². The van der Waals surface area contributed by atoms with Crippen LogP contribution in [0.5, 0.6) is 5.75 Å². The van der Waals surface area contributed by atoms with Gasteiger partial charge in [0.05, 0.1) is 12.7 Å². The van der Waals surface area contributed by atoms with Crippen molar-refractivity contribution in [2.75, 3.05) is 7.11 Å². The summed E-state index contributed by atoms with van der Waals surface area (Å²) in [6, 6.07) is 3.85. The van der Waals surface area contributed by atoms with Gasteiger partial charge in [0.15, 0.2) is 0 Å². The fourth-order valence-corrected chi connectivity index (χ4v) is 3.23. The second kappa shape index (κ2) is 6.31. The molecule has 130 valence electrons. The Morgan fingerprint density at radius 1 is 0.913 bits per heavy atom. The number of esters is 1. The largest absolute Gasteiger partial charge is 0.544 e. The van der Waals surface area contributed by atoms with Crippen LogP contribution in [0.1, 0.15) is 63.0 Å². The molecule has 1 aromatic carbocycles. The average molecular weight is 337 g/mol. The molecule has 0 fully saturated rings. The highest BCUT2D eigenvalue weighted by Crippen LogP contribution is 2.41. The lowest BCUT2D eigenvalue weighted by atomic mass is 9.78. The minimum absolute atomic E-state index is 0.126. The summed E-state index contributed by atoms with van der Waals surface area (Å²) in [5.41, 5.74) is 2.46. The third-order valence-electron chi connectivity index (χ3n) is 3.53. The van der Waals surface area contributed by atoms with Crippen molar-refractivity contribution in [2.24, 2.45) is 0 Å². The zero-order chi connectivity index (χ0) is 18.2. The van der Waals surface area contributed by atoms with E-state index < -0.39 is 8.32 Å². The summed E-state index contributed by atoms with van der Waals surface area (Å²) in [7, 11) is -0.368. The van der Waals surface area contributed by atoms with Gasteiger partial charge in [-0.1, -0.05) is 41.5 Å². The molecule has 0 aliphatic rings. The third kappa shape index (κ3) is 5.10. The third-order valence-corrected chi connectivity index (χ3v) is 4.35. The number of ether oxygens (including phenoxy) is 1. The summed E-state index contributed by atoms with van der Waals surface area (Å²) in [6.07, 6.45) is 0. The van der Waals surface area contributed by atoms with E-state index in [0.29, 0.717) is 5.56 Å². The van der Waals surface area contributed by atoms with Crippen LogP contribution >= 0.6 is 0 Å². The molecule has 0 aliphatic carbocycles. The predicted octanol–water partition coefficient (Wildman–Crippen LogP) is 5.28. The maximum atomic E-state index is 12.1. The Hall–Kier alpha value is -1.29. The lowest BCUT2D eigenvalue weighted by Crippen LogP contribution is -2.33. The van der Waals surface area contributed by atoms with Crippen molar-refractivity contribution in [3.63, 3.8) is 0 Å². The quantitative estimate of drug-likeness (QED) is 0.556. The summed E-state index contributed by atoms with van der Waals surface area (Å²) in [5.74, 6) is 0.636. The van der Waals surface area contributed by atoms with Gasteiger partial charge in [0.2, 0.25) is 8.32 Å². The predicted molar refractivity (Wildman–Crippen MR) is 99.2 cm³/mol. The molecule has 0 aliphatic heterocycles. The standard InChI is InChI=1S/C19H32O3Si/c1-18(2,3)14-11-13(17(20)21-7)12-15(19(4,5)6)16(14)22-23(8,9)10/h11-12H,1-10H3. The van der Waals surface area contributed by atoms with Crippen molar-refractivity contribution in [3.8, 4) is 5.75 Å². The maximum Gasteiger partial charge on any atom is 0.337 e. The molecule has 23 heavy (non-hydrogen) atoms. The Labute approximate surface area is 142 Å². The molecule has 0 N–H and O–H groups in total. The molecule has 0 bridgehead atoms. The monoisotopic (exact) mass is 336 g/mol. The SMILES string of the molecule is COC(=O)c1cc(C(C)(C)C)c(O[Si](C)(C)C)c(C(C)(C)C)c1. The average Bonchev–Trinajstić information content (AvgIpc) is 2.33. The van der Waals surface area contributed by atoms with E-state index in [9.17, 15) is 4.79 Å². The zero-order valence-corrected chi connectivity index (χ0v) is 17.4. The number of rotatable bonds is 3. The smallest absolute Gasteiger partial charge is 0.337 e. The number of carbonyl (C=O) groups excluding carboxylic acids is 1. The molecule has 0 amide bonds. The lowest BCUT2D eigenvalue weighted by Gasteiger charge is -2.33. The van der Waals surface area contributed by atoms with Gasteiger partial charge in [0, 0.05) is 0 Å². The van der Waals surface area contributed by atoms with E-state index in [-0.39, 0.29) is 16.8 Å². The molecule has 0 atom stereocenters. The fraction of sp³-hybridized carbons (Fsp3) is 0.632. The van der Waals surface area contributed by atoms with Gasteiger partial charge in [-0.3, -0.25) is 0 Å². The summed E-state index contributed by atoms with van der Waals surface area (Å²) in [6.45, 7) is 19.4. The van der Waals surface area contributed by atoms with Crippen molar-refractivity contribution in [1.29, 1.82) is 0 Å². The van der Waals surface area contributed by atoms with Crippen molar-refractivity contribution >= 4 is 14.3 Å². The molecule has 0 aromatic heterocycles. The van der Waals surface area contributed by atoms with Gasteiger partial charge in [-0.2, -0.15) is 0 Å². The number of methoxy groups -OCH3 is 1. The van der Waals surface area contributed by atoms with Gasteiger partial charge in [0.1, 0.15) is 5.75 Å². The van der Waals surface area contributed by atoms with Crippen LogP contribution in [-0.2, 0) is 15.6 Å². The van der Waals surface area contributed by atoms with Crippen LogP contribution in [0.3, 0.4) is 0 Å². The molecule has 0 saturated carbocycles. The van der Waals surface area contributed by atoms with Crippen LogP contribution in [0.2, 0.25) is 19.6 Å². The summed E-state index contributed by atoms with van der Waals surface area (Å²) in [5, 5.41) is 0. The van der Waals surface area contributed by atoms with Crippen molar-refractivity contribution in [1.82, 2.24) is 0 Å². The van der Waals surface area contributed by atoms with Gasteiger partial charge in [-0.15, -0.1) is 0 Å². The molecule has 0 unspecified atom stereocenters. The Bertz CT molecular complexity index is 549. The van der Waals surface area contributed by atoms with E-state index in [1.54, 1.807) is 0 Å². The first-order chi connectivity index (χ1) is 10.2. The highest BCUT2D eigenvalue weighted by Gasteiger charge is 2.31. The van der Waals surface area contributed by atoms with E-state index >= 15 is 0 Å². The highest BCUT2D eigenvalue weighted by atomic mass is 28.4. The first-order valence-electron chi connectivity index (χ1n) is 8.13. The van der Waals surface area contributed by atoms with Crippen LogP contribution in [0.15, 0.2) is 12.1 Å². The second-order valence-corrected chi connectivity index (χ2v) is 13.5. The van der Waals surface area contributed by atoms with Gasteiger partial charge < -0.3 is 9.16 Å². The Balaban J connectivity index is 3.78. The van der Waals surface area contributed by atoms with Crippen LogP contribution in [-0.4, -0.2) is 21.4 Å². The van der Waals surface area contributed by atoms with Crippen LogP contribution < -0.4 is 4.43 Å². The van der Waals surface area contributed by atoms with Crippen LogP contribution in [0.25, 0.3) is 0 Å². The fourth-order valence-electron chi connectivity index (χ4n) is 2.39. The molecule has 0 saturated heterocycles. The summed E-state index contributed by atoms with van der Waals surface area (Å²) in [4.78, 5) is 12.1. The molecular formula is C19H32O3Si. The molecule has 4 heteroatoms. The summed E-state index contributed by atoms with van der Waals surface area (Å²) >= 11 is 0. The first kappa shape index (κ1) is 19.8. The molecule has 0 heterocycles. The molecule has 1 rings (SSSR count). The molecule has 0 spiro atoms. The molecular weight excluding hydrogens is 304 g/mol. The van der Waals surface area contributed by atoms with Gasteiger partial charge in [-0.25, -0.2) is 4.79 Å². The highest BCUT2D eigenvalue weighted by molar-refractivity contribution is 6.70. The van der Waals surface area contributed by atoms with Crippen molar-refractivity contribution in [3.05, 3.63) is 28.8 Å². The second-order valence-electron chi connectivity index (χ2n) is 9.11. The number of hydrogen-bond donors (Lipinski definition) is 0. The zero-order valence-electron chi connectivity index (χ0n) is 16.4. The minimum Gasteiger partial charge on any atom is -0.544 e. The topological polar surface area (TPSA) is 35.5 Å². The van der Waals surface area contributed by atoms with Crippen LogP contribution in [0.4, 0.5) is 0 Å². The van der Waals surface area contributed by atoms with E-state index in [0.717, 1.165) is 16.9 Å². The molecule has 0 radical (unpaired) electrons. The molecule has 3 nitrogen and oxygen atoms in total. The lowest BCUT2D eigenvalue weighted by molar-refractivity contribution is 0.0600. The van der Waals surface area contributed by atoms with E-state index in [2.05, 4.69) is 61.2 Å². The number of benzene rings is 1. The normalized spacial score (nSPS) is 13.0. The number of carbonyl (C=O) groups is 1. The Kier molecular flexibility index (Phi) is 5.42. The van der Waals surface area contributed by atoms with Crippen molar-refractivity contribution in [2.45, 2.75) is 72.0 Å². The van der Waals surface area contributed by atoms with Crippen LogP contribution in [0, 0.1) is 0 Å². The van der Waals surface area contributed by atoms with Gasteiger partial charge in [0.25, 0.3) is 0 Å². The van der Waals surface area contributed by atoms with Gasteiger partial charge >= 0.3 is 5.97 Å². The minimum atomic E-state index is -1.79. The first-order valence-corrected chi connectivity index (χ1v) is 11.5. The number of hydrogen-bond acceptors (Lipinski definition) is 3. The van der Waals surface area contributed by atoms with E-state index in [4.69, 9.17) is 9.16 Å². The van der Waals surface area contributed by atoms with Gasteiger partial charge in [-0.05, 0) is 53.7 Å². The van der Waals surface area contributed by atoms with E-state index in [1.165, 1.54) is 7.11 Å².